The fourth-order valence-corrected chi connectivity index (χ4v) is 1.99. The summed E-state index contributed by atoms with van der Waals surface area (Å²) in [6, 6.07) is 5.37. The van der Waals surface area contributed by atoms with Crippen LogP contribution in [0.3, 0.4) is 0 Å². The Morgan fingerprint density at radius 3 is 2.90 bits per heavy atom. The molecule has 1 aromatic rings. The number of carbonyl (C=O) groups is 2. The van der Waals surface area contributed by atoms with Crippen molar-refractivity contribution in [2.45, 2.75) is 20.0 Å². The molecule has 6 nitrogen and oxygen atoms in total. The third kappa shape index (κ3) is 2.68. The molecule has 1 heterocycles. The Balaban J connectivity index is 2.14. The van der Waals surface area contributed by atoms with Crippen LogP contribution in [0.4, 0.5) is 11.4 Å². The maximum absolute atomic E-state index is 11.8. The summed E-state index contributed by atoms with van der Waals surface area (Å²) in [5, 5.41) is 11.9. The molecule has 1 amide bonds. The van der Waals surface area contributed by atoms with Crippen molar-refractivity contribution in [2.75, 3.05) is 23.8 Å². The van der Waals surface area contributed by atoms with Gasteiger partial charge in [0.15, 0.2) is 6.10 Å². The molecule has 0 saturated carbocycles. The Morgan fingerprint density at radius 1 is 1.55 bits per heavy atom. The van der Waals surface area contributed by atoms with E-state index in [0.29, 0.717) is 18.0 Å². The highest BCUT2D eigenvalue weighted by Crippen LogP contribution is 2.35. The summed E-state index contributed by atoms with van der Waals surface area (Å²) in [7, 11) is 1.71. The molecule has 108 valence electrons. The molecule has 1 aromatic carbocycles. The summed E-state index contributed by atoms with van der Waals surface area (Å²) >= 11 is 0. The van der Waals surface area contributed by atoms with Crippen molar-refractivity contribution in [3.05, 3.63) is 18.2 Å². The molecular formula is C14H18N2O4. The van der Waals surface area contributed by atoms with E-state index in [9.17, 15) is 9.59 Å². The monoisotopic (exact) mass is 278 g/mol. The fraction of sp³-hybridized carbons (Fsp3) is 0.429. The number of carbonyl (C=O) groups excluding carboxylic acids is 1. The summed E-state index contributed by atoms with van der Waals surface area (Å²) in [5.74, 6) is -0.786. The first-order valence-corrected chi connectivity index (χ1v) is 6.45. The number of carboxylic acid groups (broad SMARTS) is 1. The molecule has 1 aliphatic heterocycles. The van der Waals surface area contributed by atoms with Crippen LogP contribution in [0.1, 0.15) is 13.8 Å². The zero-order chi connectivity index (χ0) is 14.9. The van der Waals surface area contributed by atoms with Gasteiger partial charge in [-0.2, -0.15) is 0 Å². The lowest BCUT2D eigenvalue weighted by Gasteiger charge is -2.30. The highest BCUT2D eigenvalue weighted by molar-refractivity contribution is 5.99. The minimum atomic E-state index is -0.842. The zero-order valence-electron chi connectivity index (χ0n) is 11.7. The SMILES string of the molecule is CC(CNc1ccc2c(c1)OC(C)C(=O)N2C)C(=O)O. The Labute approximate surface area is 117 Å². The van der Waals surface area contributed by atoms with Crippen LogP contribution in [0.25, 0.3) is 0 Å². The molecule has 0 bridgehead atoms. The van der Waals surface area contributed by atoms with Gasteiger partial charge in [0, 0.05) is 25.3 Å². The number of nitrogens with zero attached hydrogens (tertiary/aromatic N) is 1. The van der Waals surface area contributed by atoms with Crippen molar-refractivity contribution >= 4 is 23.3 Å². The van der Waals surface area contributed by atoms with E-state index in [2.05, 4.69) is 5.32 Å². The number of anilines is 2. The topological polar surface area (TPSA) is 78.9 Å². The largest absolute Gasteiger partial charge is 0.481 e. The second kappa shape index (κ2) is 5.40. The number of benzene rings is 1. The number of hydrogen-bond donors (Lipinski definition) is 2. The molecule has 20 heavy (non-hydrogen) atoms. The number of aliphatic carboxylic acids is 1. The van der Waals surface area contributed by atoms with Crippen LogP contribution in [-0.4, -0.2) is 36.7 Å². The van der Waals surface area contributed by atoms with Crippen LogP contribution in [0.5, 0.6) is 5.75 Å². The predicted octanol–water partition coefficient (Wildman–Crippen LogP) is 1.56. The van der Waals surface area contributed by atoms with Crippen molar-refractivity contribution in [3.63, 3.8) is 0 Å². The van der Waals surface area contributed by atoms with Gasteiger partial charge in [-0.1, -0.05) is 6.92 Å². The molecule has 2 atom stereocenters. The molecule has 1 aliphatic rings. The van der Waals surface area contributed by atoms with E-state index < -0.39 is 18.0 Å². The predicted molar refractivity (Wildman–Crippen MR) is 75.2 cm³/mol. The Morgan fingerprint density at radius 2 is 2.25 bits per heavy atom. The first-order valence-electron chi connectivity index (χ1n) is 6.45. The first kappa shape index (κ1) is 14.2. The standard InChI is InChI=1S/C14H18N2O4/c1-8(14(18)19)7-15-10-4-5-11-12(6-10)20-9(2)13(17)16(11)3/h4-6,8-9,15H,7H2,1-3H3,(H,18,19). The number of nitrogens with one attached hydrogen (secondary N) is 1. The third-order valence-electron chi connectivity index (χ3n) is 3.34. The maximum Gasteiger partial charge on any atom is 0.308 e. The summed E-state index contributed by atoms with van der Waals surface area (Å²) in [6.07, 6.45) is -0.513. The second-order valence-corrected chi connectivity index (χ2v) is 4.96. The van der Waals surface area contributed by atoms with E-state index in [-0.39, 0.29) is 5.91 Å². The number of ether oxygens (including phenoxy) is 1. The van der Waals surface area contributed by atoms with E-state index in [1.807, 2.05) is 0 Å². The number of amides is 1. The zero-order valence-corrected chi connectivity index (χ0v) is 11.7. The number of hydrogen-bond acceptors (Lipinski definition) is 4. The third-order valence-corrected chi connectivity index (χ3v) is 3.34. The molecule has 0 aromatic heterocycles. The van der Waals surface area contributed by atoms with Crippen molar-refractivity contribution in [2.24, 2.45) is 5.92 Å². The summed E-state index contributed by atoms with van der Waals surface area (Å²) in [6.45, 7) is 3.67. The van der Waals surface area contributed by atoms with Gasteiger partial charge in [0.1, 0.15) is 5.75 Å². The van der Waals surface area contributed by atoms with Crippen LogP contribution >= 0.6 is 0 Å². The molecule has 0 aliphatic carbocycles. The van der Waals surface area contributed by atoms with Gasteiger partial charge in [0.05, 0.1) is 11.6 Å². The summed E-state index contributed by atoms with van der Waals surface area (Å²) in [4.78, 5) is 24.1. The van der Waals surface area contributed by atoms with Crippen LogP contribution in [0.15, 0.2) is 18.2 Å². The minimum Gasteiger partial charge on any atom is -0.481 e. The first-order chi connectivity index (χ1) is 9.40. The fourth-order valence-electron chi connectivity index (χ4n) is 1.99. The lowest BCUT2D eigenvalue weighted by Crippen LogP contribution is -2.41. The Kier molecular flexibility index (Phi) is 3.83. The van der Waals surface area contributed by atoms with Gasteiger partial charge in [-0.25, -0.2) is 0 Å². The van der Waals surface area contributed by atoms with Gasteiger partial charge < -0.3 is 20.1 Å². The van der Waals surface area contributed by atoms with Crippen molar-refractivity contribution in [1.29, 1.82) is 0 Å². The lowest BCUT2D eigenvalue weighted by molar-refractivity contribution is -0.140. The van der Waals surface area contributed by atoms with Gasteiger partial charge in [-0.15, -0.1) is 0 Å². The number of carboxylic acids is 1. The Bertz CT molecular complexity index is 544. The van der Waals surface area contributed by atoms with Gasteiger partial charge in [-0.05, 0) is 19.1 Å². The highest BCUT2D eigenvalue weighted by Gasteiger charge is 2.28. The van der Waals surface area contributed by atoms with Gasteiger partial charge in [0.25, 0.3) is 5.91 Å². The van der Waals surface area contributed by atoms with Crippen LogP contribution in [-0.2, 0) is 9.59 Å². The van der Waals surface area contributed by atoms with E-state index in [1.165, 1.54) is 0 Å². The molecule has 2 unspecified atom stereocenters. The van der Waals surface area contributed by atoms with Crippen LogP contribution in [0.2, 0.25) is 0 Å². The number of fused-ring (bicyclic) bond motifs is 1. The maximum atomic E-state index is 11.8. The second-order valence-electron chi connectivity index (χ2n) is 4.96. The van der Waals surface area contributed by atoms with E-state index in [1.54, 1.807) is 44.0 Å². The average molecular weight is 278 g/mol. The summed E-state index contributed by atoms with van der Waals surface area (Å²) in [5.41, 5.74) is 1.48. The van der Waals surface area contributed by atoms with Gasteiger partial charge in [0.2, 0.25) is 0 Å². The van der Waals surface area contributed by atoms with Crippen molar-refractivity contribution in [3.8, 4) is 5.75 Å². The summed E-state index contributed by atoms with van der Waals surface area (Å²) < 4.78 is 5.56. The molecule has 0 radical (unpaired) electrons. The van der Waals surface area contributed by atoms with E-state index in [0.717, 1.165) is 5.69 Å². The minimum absolute atomic E-state index is 0.0855. The quantitative estimate of drug-likeness (QED) is 0.874. The number of rotatable bonds is 4. The number of likely N-dealkylation sites (N-methyl/N-ethyl adjacent to an activating group) is 1. The molecular weight excluding hydrogens is 260 g/mol. The lowest BCUT2D eigenvalue weighted by atomic mass is 10.1. The van der Waals surface area contributed by atoms with Gasteiger partial charge >= 0.3 is 5.97 Å². The molecule has 2 N–H and O–H groups in total. The highest BCUT2D eigenvalue weighted by atomic mass is 16.5. The van der Waals surface area contributed by atoms with Gasteiger partial charge in [-0.3, -0.25) is 9.59 Å². The van der Waals surface area contributed by atoms with Crippen molar-refractivity contribution < 1.29 is 19.4 Å². The Hall–Kier alpha value is -2.24. The normalized spacial score (nSPS) is 19.1. The van der Waals surface area contributed by atoms with Crippen molar-refractivity contribution in [1.82, 2.24) is 0 Å². The molecule has 0 saturated heterocycles. The molecule has 2 rings (SSSR count). The molecule has 0 fully saturated rings. The molecule has 6 heteroatoms. The van der Waals surface area contributed by atoms with Crippen LogP contribution < -0.4 is 15.0 Å². The van der Waals surface area contributed by atoms with E-state index in [4.69, 9.17) is 9.84 Å². The smallest absolute Gasteiger partial charge is 0.308 e. The van der Waals surface area contributed by atoms with Crippen LogP contribution in [0, 0.1) is 5.92 Å². The average Bonchev–Trinajstić information content (AvgIpc) is 2.41. The molecule has 0 spiro atoms. The van der Waals surface area contributed by atoms with E-state index >= 15 is 0 Å².